The molecule has 1 unspecified atom stereocenters. The summed E-state index contributed by atoms with van der Waals surface area (Å²) in [5.41, 5.74) is 4.83. The van der Waals surface area contributed by atoms with Crippen LogP contribution < -0.4 is 10.1 Å². The Morgan fingerprint density at radius 1 is 1.12 bits per heavy atom. The van der Waals surface area contributed by atoms with Crippen molar-refractivity contribution in [3.05, 3.63) is 64.7 Å². The van der Waals surface area contributed by atoms with Gasteiger partial charge in [0.05, 0.1) is 12.6 Å². The molecule has 0 saturated carbocycles. The van der Waals surface area contributed by atoms with Crippen molar-refractivity contribution in [1.29, 1.82) is 0 Å². The summed E-state index contributed by atoms with van der Waals surface area (Å²) in [6, 6.07) is 14.3. The fourth-order valence-electron chi connectivity index (χ4n) is 2.79. The van der Waals surface area contributed by atoms with E-state index in [1.165, 1.54) is 16.7 Å². The molecular weight excluding hydrogens is 298 g/mol. The minimum absolute atomic E-state index is 0.00714. The number of nitrogens with one attached hydrogen (secondary N) is 1. The summed E-state index contributed by atoms with van der Waals surface area (Å²) in [4.78, 5) is 12.2. The van der Waals surface area contributed by atoms with Crippen LogP contribution in [0, 0.1) is 13.8 Å². The van der Waals surface area contributed by atoms with E-state index in [-0.39, 0.29) is 11.9 Å². The molecule has 3 nitrogen and oxygen atoms in total. The first-order chi connectivity index (χ1) is 11.5. The molecule has 0 bridgehead atoms. The van der Waals surface area contributed by atoms with Crippen molar-refractivity contribution in [2.24, 2.45) is 0 Å². The lowest BCUT2D eigenvalue weighted by Gasteiger charge is -2.15. The maximum Gasteiger partial charge on any atom is 0.220 e. The molecule has 1 atom stereocenters. The summed E-state index contributed by atoms with van der Waals surface area (Å²) in [7, 11) is 0. The second-order valence-corrected chi connectivity index (χ2v) is 6.22. The van der Waals surface area contributed by atoms with Gasteiger partial charge in [-0.3, -0.25) is 4.79 Å². The van der Waals surface area contributed by atoms with Crippen molar-refractivity contribution in [2.45, 2.75) is 46.6 Å². The van der Waals surface area contributed by atoms with E-state index in [0.717, 1.165) is 17.7 Å². The van der Waals surface area contributed by atoms with Crippen LogP contribution >= 0.6 is 0 Å². The van der Waals surface area contributed by atoms with Crippen molar-refractivity contribution < 1.29 is 9.53 Å². The van der Waals surface area contributed by atoms with Crippen LogP contribution in [0.2, 0.25) is 0 Å². The third-order valence-electron chi connectivity index (χ3n) is 4.19. The third kappa shape index (κ3) is 5.12. The molecule has 0 heterocycles. The van der Waals surface area contributed by atoms with Gasteiger partial charge >= 0.3 is 0 Å². The maximum atomic E-state index is 12.2. The summed E-state index contributed by atoms with van der Waals surface area (Å²) >= 11 is 0. The lowest BCUT2D eigenvalue weighted by atomic mass is 10.0. The normalized spacial score (nSPS) is 11.8. The van der Waals surface area contributed by atoms with Gasteiger partial charge in [-0.2, -0.15) is 0 Å². The lowest BCUT2D eigenvalue weighted by Crippen LogP contribution is -2.26. The first kappa shape index (κ1) is 18.1. The molecule has 0 spiro atoms. The SMILES string of the molecule is CCOc1ccc(C(C)NC(=O)CCc2ccc(C)cc2C)cc1. The zero-order chi connectivity index (χ0) is 17.5. The van der Waals surface area contributed by atoms with E-state index in [2.05, 4.69) is 37.4 Å². The molecule has 0 aliphatic carbocycles. The van der Waals surface area contributed by atoms with Crippen molar-refractivity contribution in [3.8, 4) is 5.75 Å². The summed E-state index contributed by atoms with van der Waals surface area (Å²) in [6.45, 7) is 8.81. The fraction of sp³-hybridized carbons (Fsp3) is 0.381. The Balaban J connectivity index is 1.87. The summed E-state index contributed by atoms with van der Waals surface area (Å²) in [5.74, 6) is 0.936. The fourth-order valence-corrected chi connectivity index (χ4v) is 2.79. The molecule has 1 N–H and O–H groups in total. The number of hydrogen-bond donors (Lipinski definition) is 1. The van der Waals surface area contributed by atoms with Gasteiger partial charge in [0.25, 0.3) is 0 Å². The van der Waals surface area contributed by atoms with E-state index < -0.39 is 0 Å². The number of ether oxygens (including phenoxy) is 1. The highest BCUT2D eigenvalue weighted by molar-refractivity contribution is 5.76. The molecular formula is C21H27NO2. The Hall–Kier alpha value is -2.29. The van der Waals surface area contributed by atoms with Crippen LogP contribution in [0.5, 0.6) is 5.75 Å². The van der Waals surface area contributed by atoms with E-state index in [4.69, 9.17) is 4.74 Å². The maximum absolute atomic E-state index is 12.2. The van der Waals surface area contributed by atoms with Crippen molar-refractivity contribution in [1.82, 2.24) is 5.32 Å². The first-order valence-corrected chi connectivity index (χ1v) is 8.58. The standard InChI is InChI=1S/C21H27NO2/c1-5-24-20-11-8-19(9-12-20)17(4)22-21(23)13-10-18-7-6-15(2)14-16(18)3/h6-9,11-12,14,17H,5,10,13H2,1-4H3,(H,22,23). The zero-order valence-electron chi connectivity index (χ0n) is 15.1. The smallest absolute Gasteiger partial charge is 0.220 e. The average molecular weight is 325 g/mol. The minimum atomic E-state index is -0.00714. The Morgan fingerprint density at radius 3 is 2.46 bits per heavy atom. The van der Waals surface area contributed by atoms with Gasteiger partial charge in [-0.1, -0.05) is 35.9 Å². The van der Waals surface area contributed by atoms with Gasteiger partial charge in [-0.05, 0) is 62.9 Å². The predicted molar refractivity (Wildman–Crippen MR) is 98.4 cm³/mol. The zero-order valence-corrected chi connectivity index (χ0v) is 15.1. The van der Waals surface area contributed by atoms with E-state index in [9.17, 15) is 4.79 Å². The first-order valence-electron chi connectivity index (χ1n) is 8.58. The summed E-state index contributed by atoms with van der Waals surface area (Å²) in [6.07, 6.45) is 1.28. The number of amides is 1. The number of carbonyl (C=O) groups is 1. The van der Waals surface area contributed by atoms with Gasteiger partial charge in [-0.25, -0.2) is 0 Å². The van der Waals surface area contributed by atoms with Crippen molar-refractivity contribution in [3.63, 3.8) is 0 Å². The third-order valence-corrected chi connectivity index (χ3v) is 4.19. The van der Waals surface area contributed by atoms with E-state index in [1.807, 2.05) is 38.1 Å². The largest absolute Gasteiger partial charge is 0.494 e. The Labute approximate surface area is 145 Å². The predicted octanol–water partition coefficient (Wildman–Crippen LogP) is 4.51. The molecule has 2 rings (SSSR count). The lowest BCUT2D eigenvalue weighted by molar-refractivity contribution is -0.121. The number of aryl methyl sites for hydroxylation is 3. The molecule has 2 aromatic rings. The molecule has 0 fully saturated rings. The highest BCUT2D eigenvalue weighted by Gasteiger charge is 2.10. The molecule has 1 amide bonds. The molecule has 2 aromatic carbocycles. The molecule has 3 heteroatoms. The van der Waals surface area contributed by atoms with E-state index in [0.29, 0.717) is 13.0 Å². The van der Waals surface area contributed by atoms with Gasteiger partial charge in [0.1, 0.15) is 5.75 Å². The summed E-state index contributed by atoms with van der Waals surface area (Å²) in [5, 5.41) is 3.07. The number of rotatable bonds is 7. The minimum Gasteiger partial charge on any atom is -0.494 e. The Bertz CT molecular complexity index is 677. The molecule has 0 aromatic heterocycles. The van der Waals surface area contributed by atoms with Crippen molar-refractivity contribution in [2.75, 3.05) is 6.61 Å². The quantitative estimate of drug-likeness (QED) is 0.813. The van der Waals surface area contributed by atoms with Crippen LogP contribution in [0.1, 0.15) is 48.6 Å². The molecule has 0 aliphatic rings. The van der Waals surface area contributed by atoms with Crippen LogP contribution in [0.25, 0.3) is 0 Å². The van der Waals surface area contributed by atoms with E-state index >= 15 is 0 Å². The average Bonchev–Trinajstić information content (AvgIpc) is 2.55. The monoisotopic (exact) mass is 325 g/mol. The van der Waals surface area contributed by atoms with Crippen LogP contribution in [0.3, 0.4) is 0 Å². The second-order valence-electron chi connectivity index (χ2n) is 6.22. The summed E-state index contributed by atoms with van der Waals surface area (Å²) < 4.78 is 5.44. The van der Waals surface area contributed by atoms with Gasteiger partial charge in [-0.15, -0.1) is 0 Å². The molecule has 0 saturated heterocycles. The van der Waals surface area contributed by atoms with E-state index in [1.54, 1.807) is 0 Å². The molecule has 0 radical (unpaired) electrons. The van der Waals surface area contributed by atoms with Crippen LogP contribution in [-0.4, -0.2) is 12.5 Å². The van der Waals surface area contributed by atoms with Crippen LogP contribution in [0.15, 0.2) is 42.5 Å². The molecule has 0 aliphatic heterocycles. The van der Waals surface area contributed by atoms with Gasteiger partial charge in [0.15, 0.2) is 0 Å². The number of carbonyl (C=O) groups excluding carboxylic acids is 1. The highest BCUT2D eigenvalue weighted by atomic mass is 16.5. The van der Waals surface area contributed by atoms with Crippen molar-refractivity contribution >= 4 is 5.91 Å². The molecule has 128 valence electrons. The second kappa shape index (κ2) is 8.53. The van der Waals surface area contributed by atoms with Gasteiger partial charge in [0, 0.05) is 6.42 Å². The number of benzene rings is 2. The highest BCUT2D eigenvalue weighted by Crippen LogP contribution is 2.18. The number of hydrogen-bond acceptors (Lipinski definition) is 2. The molecule has 24 heavy (non-hydrogen) atoms. The van der Waals surface area contributed by atoms with Crippen LogP contribution in [0.4, 0.5) is 0 Å². The van der Waals surface area contributed by atoms with Gasteiger partial charge < -0.3 is 10.1 Å². The van der Waals surface area contributed by atoms with Gasteiger partial charge in [0.2, 0.25) is 5.91 Å². The topological polar surface area (TPSA) is 38.3 Å². The Morgan fingerprint density at radius 2 is 1.83 bits per heavy atom. The van der Waals surface area contributed by atoms with Crippen LogP contribution in [-0.2, 0) is 11.2 Å². The Kier molecular flexibility index (Phi) is 6.42.